The molecule has 0 fully saturated rings. The van der Waals surface area contributed by atoms with Crippen LogP contribution in [0.3, 0.4) is 0 Å². The molecule has 0 bridgehead atoms. The molecule has 0 saturated heterocycles. The summed E-state index contributed by atoms with van der Waals surface area (Å²) >= 11 is 0. The molecular weight excluding hydrogens is 344 g/mol. The van der Waals surface area contributed by atoms with Crippen LogP contribution in [-0.4, -0.2) is 0 Å². The van der Waals surface area contributed by atoms with Crippen LogP contribution in [0.15, 0.2) is 78.9 Å². The molecule has 0 spiro atoms. The van der Waals surface area contributed by atoms with Crippen LogP contribution in [0.5, 0.6) is 11.5 Å². The van der Waals surface area contributed by atoms with Gasteiger partial charge in [-0.3, -0.25) is 0 Å². The molecule has 146 valence electrons. The van der Waals surface area contributed by atoms with Crippen molar-refractivity contribution in [2.45, 2.75) is 52.2 Å². The van der Waals surface area contributed by atoms with E-state index in [9.17, 15) is 0 Å². The summed E-state index contributed by atoms with van der Waals surface area (Å²) in [6, 6.07) is 26.8. The summed E-state index contributed by atoms with van der Waals surface area (Å²) in [5.41, 5.74) is 2.74. The first-order valence-corrected chi connectivity index (χ1v) is 9.93. The molecule has 3 rings (SSSR count). The van der Waals surface area contributed by atoms with Crippen LogP contribution in [0, 0.1) is 6.92 Å². The zero-order valence-electron chi connectivity index (χ0n) is 17.5. The summed E-state index contributed by atoms with van der Waals surface area (Å²) in [4.78, 5) is 0. The van der Waals surface area contributed by atoms with Gasteiger partial charge in [0.25, 0.3) is 0 Å². The number of benzene rings is 3. The minimum absolute atomic E-state index is 0.351. The van der Waals surface area contributed by atoms with Crippen LogP contribution in [0.4, 0.5) is 0 Å². The number of ether oxygens (including phenoxy) is 2. The van der Waals surface area contributed by atoms with Crippen molar-refractivity contribution in [3.63, 3.8) is 0 Å². The molecule has 0 amide bonds. The lowest BCUT2D eigenvalue weighted by molar-refractivity contribution is 0.0820. The standard InChI is InChI=1S/C26H30O2/c1-6-26(5,22-10-8-7-9-11-22)28-24-18-14-21(15-19-24)25(3,4)27-23-16-12-20(2)13-17-23/h7-19H,6H2,1-5H3. The quantitative estimate of drug-likeness (QED) is 0.443. The number of hydrogen-bond acceptors (Lipinski definition) is 2. The third-order valence-corrected chi connectivity index (χ3v) is 5.35. The van der Waals surface area contributed by atoms with Gasteiger partial charge >= 0.3 is 0 Å². The lowest BCUT2D eigenvalue weighted by Crippen LogP contribution is -2.28. The Hall–Kier alpha value is -2.74. The van der Waals surface area contributed by atoms with Crippen molar-refractivity contribution in [1.29, 1.82) is 0 Å². The molecule has 28 heavy (non-hydrogen) atoms. The first-order chi connectivity index (χ1) is 13.3. The lowest BCUT2D eigenvalue weighted by atomic mass is 9.93. The van der Waals surface area contributed by atoms with Gasteiger partial charge in [0, 0.05) is 0 Å². The van der Waals surface area contributed by atoms with Crippen molar-refractivity contribution in [3.05, 3.63) is 95.6 Å². The molecule has 0 radical (unpaired) electrons. The summed E-state index contributed by atoms with van der Waals surface area (Å²) in [7, 11) is 0. The zero-order chi connectivity index (χ0) is 20.2. The minimum atomic E-state index is -0.429. The molecule has 3 aromatic carbocycles. The molecule has 0 aliphatic heterocycles. The average molecular weight is 375 g/mol. The van der Waals surface area contributed by atoms with Crippen LogP contribution in [0.25, 0.3) is 0 Å². The first-order valence-electron chi connectivity index (χ1n) is 9.93. The molecule has 0 aromatic heterocycles. The maximum Gasteiger partial charge on any atom is 0.131 e. The molecule has 1 unspecified atom stereocenters. The monoisotopic (exact) mass is 374 g/mol. The van der Waals surface area contributed by atoms with E-state index in [-0.39, 0.29) is 5.60 Å². The van der Waals surface area contributed by atoms with Gasteiger partial charge in [-0.2, -0.15) is 0 Å². The van der Waals surface area contributed by atoms with Crippen molar-refractivity contribution in [3.8, 4) is 11.5 Å². The van der Waals surface area contributed by atoms with E-state index in [0.29, 0.717) is 0 Å². The molecule has 0 aliphatic carbocycles. The summed E-state index contributed by atoms with van der Waals surface area (Å²) in [6.45, 7) is 10.5. The van der Waals surface area contributed by atoms with Gasteiger partial charge in [0.05, 0.1) is 0 Å². The highest BCUT2D eigenvalue weighted by Gasteiger charge is 2.27. The van der Waals surface area contributed by atoms with Crippen molar-refractivity contribution in [2.24, 2.45) is 0 Å². The highest BCUT2D eigenvalue weighted by atomic mass is 16.5. The van der Waals surface area contributed by atoms with E-state index < -0.39 is 5.60 Å². The van der Waals surface area contributed by atoms with Crippen molar-refractivity contribution in [2.75, 3.05) is 0 Å². The summed E-state index contributed by atoms with van der Waals surface area (Å²) in [5.74, 6) is 1.74. The molecule has 0 heterocycles. The molecule has 0 N–H and O–H groups in total. The van der Waals surface area contributed by atoms with E-state index in [2.05, 4.69) is 83.1 Å². The maximum atomic E-state index is 6.40. The van der Waals surface area contributed by atoms with Gasteiger partial charge in [-0.15, -0.1) is 0 Å². The van der Waals surface area contributed by atoms with Crippen molar-refractivity contribution in [1.82, 2.24) is 0 Å². The van der Waals surface area contributed by atoms with Gasteiger partial charge in [-0.25, -0.2) is 0 Å². The fourth-order valence-corrected chi connectivity index (χ4v) is 3.27. The highest BCUT2D eigenvalue weighted by Crippen LogP contribution is 2.33. The number of hydrogen-bond donors (Lipinski definition) is 0. The molecule has 3 aromatic rings. The van der Waals surface area contributed by atoms with Crippen molar-refractivity contribution < 1.29 is 9.47 Å². The fraction of sp³-hybridized carbons (Fsp3) is 0.308. The van der Waals surface area contributed by atoms with Gasteiger partial charge in [-0.1, -0.05) is 67.1 Å². The first kappa shape index (κ1) is 20.0. The van der Waals surface area contributed by atoms with E-state index >= 15 is 0 Å². The smallest absolute Gasteiger partial charge is 0.131 e. The van der Waals surface area contributed by atoms with E-state index in [1.165, 1.54) is 11.1 Å². The molecule has 0 saturated carbocycles. The third-order valence-electron chi connectivity index (χ3n) is 5.35. The van der Waals surface area contributed by atoms with Gasteiger partial charge in [-0.05, 0) is 69.5 Å². The van der Waals surface area contributed by atoms with Gasteiger partial charge in [0.2, 0.25) is 0 Å². The van der Waals surface area contributed by atoms with E-state index in [4.69, 9.17) is 9.47 Å². The van der Waals surface area contributed by atoms with Gasteiger partial charge in [0.1, 0.15) is 22.7 Å². The number of aryl methyl sites for hydroxylation is 1. The zero-order valence-corrected chi connectivity index (χ0v) is 17.5. The van der Waals surface area contributed by atoms with E-state index in [1.54, 1.807) is 0 Å². The molecule has 2 nitrogen and oxygen atoms in total. The predicted molar refractivity (Wildman–Crippen MR) is 116 cm³/mol. The topological polar surface area (TPSA) is 18.5 Å². The van der Waals surface area contributed by atoms with Gasteiger partial charge in [0.15, 0.2) is 0 Å². The molecule has 1 atom stereocenters. The van der Waals surface area contributed by atoms with Gasteiger partial charge < -0.3 is 9.47 Å². The highest BCUT2D eigenvalue weighted by molar-refractivity contribution is 5.34. The Kier molecular flexibility index (Phi) is 5.79. The van der Waals surface area contributed by atoms with Crippen molar-refractivity contribution >= 4 is 0 Å². The third kappa shape index (κ3) is 4.56. The Morgan fingerprint density at radius 1 is 0.643 bits per heavy atom. The second kappa shape index (κ2) is 8.10. The van der Waals surface area contributed by atoms with Crippen LogP contribution in [-0.2, 0) is 11.2 Å². The SMILES string of the molecule is CCC(C)(Oc1ccc(C(C)(C)Oc2ccc(C)cc2)cc1)c1ccccc1. The summed E-state index contributed by atoms with van der Waals surface area (Å²) in [5, 5.41) is 0. The Labute approximate surface area is 169 Å². The van der Waals surface area contributed by atoms with Crippen LogP contribution < -0.4 is 9.47 Å². The molecule has 0 aliphatic rings. The Morgan fingerprint density at radius 2 is 1.18 bits per heavy atom. The average Bonchev–Trinajstić information content (AvgIpc) is 2.70. The molecule has 2 heteroatoms. The Morgan fingerprint density at radius 3 is 1.75 bits per heavy atom. The van der Waals surface area contributed by atoms with E-state index in [0.717, 1.165) is 23.5 Å². The Bertz CT molecular complexity index is 880. The lowest BCUT2D eigenvalue weighted by Gasteiger charge is -2.31. The van der Waals surface area contributed by atoms with Crippen LogP contribution >= 0.6 is 0 Å². The Balaban J connectivity index is 1.76. The molecular formula is C26H30O2. The second-order valence-corrected chi connectivity index (χ2v) is 8.00. The van der Waals surface area contributed by atoms with Crippen LogP contribution in [0.1, 0.15) is 50.8 Å². The van der Waals surface area contributed by atoms with Crippen LogP contribution in [0.2, 0.25) is 0 Å². The normalized spacial score (nSPS) is 13.6. The minimum Gasteiger partial charge on any atom is -0.483 e. The maximum absolute atomic E-state index is 6.40. The second-order valence-electron chi connectivity index (χ2n) is 8.00. The largest absolute Gasteiger partial charge is 0.483 e. The number of rotatable bonds is 7. The fourth-order valence-electron chi connectivity index (χ4n) is 3.27. The van der Waals surface area contributed by atoms with E-state index in [1.807, 2.05) is 30.3 Å². The summed E-state index contributed by atoms with van der Waals surface area (Å²) < 4.78 is 12.6. The predicted octanol–water partition coefficient (Wildman–Crippen LogP) is 7.01. The summed E-state index contributed by atoms with van der Waals surface area (Å²) in [6.07, 6.45) is 0.890.